The molecule has 0 bridgehead atoms. The molecule has 0 amide bonds. The normalized spacial score (nSPS) is 12.8. The van der Waals surface area contributed by atoms with Gasteiger partial charge in [-0.05, 0) is 18.4 Å². The van der Waals surface area contributed by atoms with E-state index >= 15 is 0 Å². The van der Waals surface area contributed by atoms with Gasteiger partial charge >= 0.3 is 0 Å². The molecule has 4 nitrogen and oxygen atoms in total. The number of hydrogen-bond acceptors (Lipinski definition) is 3. The van der Waals surface area contributed by atoms with Crippen LogP contribution >= 0.6 is 0 Å². The lowest BCUT2D eigenvalue weighted by atomic mass is 10.1. The minimum atomic E-state index is -0.799. The van der Waals surface area contributed by atoms with Gasteiger partial charge in [-0.15, -0.1) is 0 Å². The van der Waals surface area contributed by atoms with Crippen LogP contribution in [0.3, 0.4) is 0 Å². The largest absolute Gasteiger partial charge is 0.385 e. The van der Waals surface area contributed by atoms with E-state index in [1.807, 2.05) is 13.2 Å². The second kappa shape index (κ2) is 4.91. The van der Waals surface area contributed by atoms with Gasteiger partial charge in [0, 0.05) is 19.7 Å². The van der Waals surface area contributed by atoms with E-state index in [9.17, 15) is 9.90 Å². The van der Waals surface area contributed by atoms with Crippen LogP contribution in [0.1, 0.15) is 25.3 Å². The zero-order chi connectivity index (χ0) is 10.6. The number of ketones is 1. The number of Topliss-reactive ketones (excluding diaryl/α,β-unsaturated/α-hetero) is 1. The fraction of sp³-hybridized carbons (Fsp3) is 0.600. The highest BCUT2D eigenvalue weighted by Crippen LogP contribution is 2.04. The Balaban J connectivity index is 2.37. The molecule has 0 aliphatic carbocycles. The number of aliphatic hydroxyl groups excluding tert-OH is 1. The highest BCUT2D eigenvalue weighted by Gasteiger charge is 2.12. The number of aromatic nitrogens is 2. The molecule has 1 atom stereocenters. The minimum absolute atomic E-state index is 0.0867. The van der Waals surface area contributed by atoms with Crippen molar-refractivity contribution in [2.75, 3.05) is 0 Å². The van der Waals surface area contributed by atoms with Gasteiger partial charge in [-0.25, -0.2) is 0 Å². The molecular weight excluding hydrogens is 180 g/mol. The molecule has 0 saturated heterocycles. The molecule has 0 saturated carbocycles. The van der Waals surface area contributed by atoms with E-state index in [1.54, 1.807) is 17.8 Å². The molecule has 0 radical (unpaired) electrons. The summed E-state index contributed by atoms with van der Waals surface area (Å²) < 4.78 is 1.70. The van der Waals surface area contributed by atoms with Crippen molar-refractivity contribution in [2.24, 2.45) is 7.05 Å². The zero-order valence-electron chi connectivity index (χ0n) is 8.60. The number of hydrogen-bond donors (Lipinski definition) is 1. The second-order valence-electron chi connectivity index (χ2n) is 3.41. The summed E-state index contributed by atoms with van der Waals surface area (Å²) in [4.78, 5) is 11.3. The van der Waals surface area contributed by atoms with Gasteiger partial charge < -0.3 is 5.11 Å². The van der Waals surface area contributed by atoms with Gasteiger partial charge in [0.05, 0.1) is 6.20 Å². The number of rotatable bonds is 5. The summed E-state index contributed by atoms with van der Waals surface area (Å²) in [6, 6.07) is 0. The average Bonchev–Trinajstić information content (AvgIpc) is 2.59. The topological polar surface area (TPSA) is 55.1 Å². The van der Waals surface area contributed by atoms with Gasteiger partial charge in [0.25, 0.3) is 0 Å². The van der Waals surface area contributed by atoms with Crippen LogP contribution in [0.25, 0.3) is 0 Å². The summed E-state index contributed by atoms with van der Waals surface area (Å²) in [5, 5.41) is 13.2. The Bertz CT molecular complexity index is 307. The van der Waals surface area contributed by atoms with Crippen molar-refractivity contribution in [3.63, 3.8) is 0 Å². The Morgan fingerprint density at radius 1 is 1.71 bits per heavy atom. The van der Waals surface area contributed by atoms with Crippen molar-refractivity contribution < 1.29 is 9.90 Å². The smallest absolute Gasteiger partial charge is 0.161 e. The van der Waals surface area contributed by atoms with Gasteiger partial charge in [0.2, 0.25) is 0 Å². The van der Waals surface area contributed by atoms with Crippen molar-refractivity contribution in [2.45, 2.75) is 32.3 Å². The predicted octanol–water partition coefficient (Wildman–Crippen LogP) is 0.693. The predicted molar refractivity (Wildman–Crippen MR) is 52.8 cm³/mol. The van der Waals surface area contributed by atoms with Crippen molar-refractivity contribution in [3.8, 4) is 0 Å². The van der Waals surface area contributed by atoms with Crippen molar-refractivity contribution in [3.05, 3.63) is 18.0 Å². The van der Waals surface area contributed by atoms with Gasteiger partial charge in [-0.3, -0.25) is 9.48 Å². The number of nitrogens with zero attached hydrogens (tertiary/aromatic N) is 2. The van der Waals surface area contributed by atoms with E-state index in [2.05, 4.69) is 5.10 Å². The Morgan fingerprint density at radius 2 is 2.43 bits per heavy atom. The molecule has 0 aliphatic heterocycles. The first kappa shape index (κ1) is 10.9. The summed E-state index contributed by atoms with van der Waals surface area (Å²) in [5.74, 6) is -0.0867. The Hall–Kier alpha value is -1.16. The third-order valence-electron chi connectivity index (χ3n) is 2.18. The minimum Gasteiger partial charge on any atom is -0.385 e. The highest BCUT2D eigenvalue weighted by molar-refractivity contribution is 5.82. The van der Waals surface area contributed by atoms with E-state index in [0.717, 1.165) is 5.56 Å². The van der Waals surface area contributed by atoms with Crippen LogP contribution in [-0.4, -0.2) is 26.8 Å². The summed E-state index contributed by atoms with van der Waals surface area (Å²) in [5.41, 5.74) is 1.03. The molecule has 14 heavy (non-hydrogen) atoms. The molecule has 1 rings (SSSR count). The van der Waals surface area contributed by atoms with E-state index in [0.29, 0.717) is 19.3 Å². The summed E-state index contributed by atoms with van der Waals surface area (Å²) in [6.07, 6.45) is 4.36. The third-order valence-corrected chi connectivity index (χ3v) is 2.18. The fourth-order valence-corrected chi connectivity index (χ4v) is 1.26. The van der Waals surface area contributed by atoms with Crippen LogP contribution in [0, 0.1) is 0 Å². The van der Waals surface area contributed by atoms with E-state index in [4.69, 9.17) is 0 Å². The summed E-state index contributed by atoms with van der Waals surface area (Å²) in [6.45, 7) is 1.80. The lowest BCUT2D eigenvalue weighted by Crippen LogP contribution is -2.19. The van der Waals surface area contributed by atoms with Gasteiger partial charge in [0.1, 0.15) is 6.10 Å². The molecule has 0 fully saturated rings. The molecule has 1 N–H and O–H groups in total. The lowest BCUT2D eigenvalue weighted by molar-refractivity contribution is -0.127. The Labute approximate surface area is 83.5 Å². The molecule has 1 aromatic heterocycles. The molecule has 1 aromatic rings. The highest BCUT2D eigenvalue weighted by atomic mass is 16.3. The number of carbonyl (C=O) groups is 1. The van der Waals surface area contributed by atoms with Crippen LogP contribution in [-0.2, 0) is 18.3 Å². The van der Waals surface area contributed by atoms with Crippen molar-refractivity contribution >= 4 is 5.78 Å². The molecular formula is C10H16N2O2. The number of aliphatic hydroxyl groups is 1. The molecule has 0 spiro atoms. The first-order valence-electron chi connectivity index (χ1n) is 4.81. The van der Waals surface area contributed by atoms with Crippen LogP contribution in [0.2, 0.25) is 0 Å². The second-order valence-corrected chi connectivity index (χ2v) is 3.41. The Morgan fingerprint density at radius 3 is 2.93 bits per heavy atom. The van der Waals surface area contributed by atoms with E-state index in [-0.39, 0.29) is 5.78 Å². The van der Waals surface area contributed by atoms with E-state index < -0.39 is 6.10 Å². The molecule has 1 heterocycles. The Kier molecular flexibility index (Phi) is 3.83. The van der Waals surface area contributed by atoms with Gasteiger partial charge in [-0.1, -0.05) is 6.92 Å². The average molecular weight is 196 g/mol. The first-order valence-corrected chi connectivity index (χ1v) is 4.81. The zero-order valence-corrected chi connectivity index (χ0v) is 8.60. The maximum absolute atomic E-state index is 11.3. The fourth-order valence-electron chi connectivity index (χ4n) is 1.26. The maximum atomic E-state index is 11.3. The standard InChI is InChI=1S/C10H16N2O2/c1-3-9(13)10(14)5-4-8-6-11-12(2)7-8/h6-7,9,13H,3-5H2,1-2H3. The molecule has 0 aliphatic rings. The molecule has 0 aromatic carbocycles. The van der Waals surface area contributed by atoms with Crippen molar-refractivity contribution in [1.29, 1.82) is 0 Å². The summed E-state index contributed by atoms with van der Waals surface area (Å²) in [7, 11) is 1.84. The van der Waals surface area contributed by atoms with Crippen molar-refractivity contribution in [1.82, 2.24) is 9.78 Å². The monoisotopic (exact) mass is 196 g/mol. The first-order chi connectivity index (χ1) is 6.63. The van der Waals surface area contributed by atoms with Crippen LogP contribution in [0.4, 0.5) is 0 Å². The van der Waals surface area contributed by atoms with Crippen LogP contribution in [0.5, 0.6) is 0 Å². The lowest BCUT2D eigenvalue weighted by Gasteiger charge is -2.04. The van der Waals surface area contributed by atoms with Gasteiger partial charge in [0.15, 0.2) is 5.78 Å². The number of aryl methyl sites for hydroxylation is 2. The van der Waals surface area contributed by atoms with Crippen LogP contribution in [0.15, 0.2) is 12.4 Å². The SMILES string of the molecule is CCC(O)C(=O)CCc1cnn(C)c1. The molecule has 78 valence electrons. The van der Waals surface area contributed by atoms with Gasteiger partial charge in [-0.2, -0.15) is 5.10 Å². The quantitative estimate of drug-likeness (QED) is 0.754. The van der Waals surface area contributed by atoms with Crippen LogP contribution < -0.4 is 0 Å². The third kappa shape index (κ3) is 2.96. The molecule has 1 unspecified atom stereocenters. The maximum Gasteiger partial charge on any atom is 0.161 e. The molecule has 4 heteroatoms. The van der Waals surface area contributed by atoms with E-state index in [1.165, 1.54) is 0 Å². The summed E-state index contributed by atoms with van der Waals surface area (Å²) >= 11 is 0. The number of carbonyl (C=O) groups excluding carboxylic acids is 1.